The fourth-order valence-electron chi connectivity index (χ4n) is 1.77. The predicted molar refractivity (Wildman–Crippen MR) is 84.7 cm³/mol. The highest BCUT2D eigenvalue weighted by molar-refractivity contribution is 7.80. The Hall–Kier alpha value is -1.81. The summed E-state index contributed by atoms with van der Waals surface area (Å²) in [5.41, 5.74) is 1.17. The Morgan fingerprint density at radius 2 is 1.90 bits per heavy atom. The molecule has 1 amide bonds. The Morgan fingerprint density at radius 1 is 1.25 bits per heavy atom. The number of thiocarbonyl (C=S) groups is 1. The summed E-state index contributed by atoms with van der Waals surface area (Å²) in [5.74, 6) is -0.709. The van der Waals surface area contributed by atoms with Gasteiger partial charge in [0, 0.05) is 11.4 Å². The summed E-state index contributed by atoms with van der Waals surface area (Å²) < 4.78 is 0. The molecule has 1 aromatic rings. The summed E-state index contributed by atoms with van der Waals surface area (Å²) in [7, 11) is 0. The second-order valence-corrected chi connectivity index (χ2v) is 5.23. The smallest absolute Gasteiger partial charge is 0.243 e. The second kappa shape index (κ2) is 8.38. The third-order valence-corrected chi connectivity index (χ3v) is 3.13. The van der Waals surface area contributed by atoms with Gasteiger partial charge in [0.1, 0.15) is 5.78 Å². The fourth-order valence-corrected chi connectivity index (χ4v) is 2.02. The number of hydrogen-bond donors (Lipinski definition) is 1. The van der Waals surface area contributed by atoms with Crippen LogP contribution in [0.1, 0.15) is 19.4 Å². The molecule has 1 aromatic carbocycles. The van der Waals surface area contributed by atoms with Crippen molar-refractivity contribution in [2.24, 2.45) is 5.92 Å². The molecule has 0 aliphatic heterocycles. The highest BCUT2D eigenvalue weighted by Gasteiger charge is 2.12. The van der Waals surface area contributed by atoms with E-state index in [9.17, 15) is 9.59 Å². The van der Waals surface area contributed by atoms with Crippen molar-refractivity contribution in [3.8, 4) is 0 Å². The van der Waals surface area contributed by atoms with Gasteiger partial charge >= 0.3 is 0 Å². The molecule has 1 atom stereocenters. The molecule has 4 heteroatoms. The first-order valence-electron chi connectivity index (χ1n) is 6.51. The average Bonchev–Trinajstić information content (AvgIpc) is 2.39. The Morgan fingerprint density at radius 3 is 2.45 bits per heavy atom. The number of carbonyl (C=O) groups is 2. The molecule has 1 rings (SSSR count). The van der Waals surface area contributed by atoms with Crippen LogP contribution in [-0.4, -0.2) is 23.1 Å². The van der Waals surface area contributed by atoms with Gasteiger partial charge in [0.15, 0.2) is 0 Å². The van der Waals surface area contributed by atoms with Gasteiger partial charge in [-0.2, -0.15) is 0 Å². The largest absolute Gasteiger partial charge is 0.352 e. The number of benzene rings is 1. The number of nitrogens with one attached hydrogen (secondary N) is 1. The molecule has 1 N–H and O–H groups in total. The van der Waals surface area contributed by atoms with Gasteiger partial charge in [0.2, 0.25) is 5.91 Å². The Bertz CT molecular complexity index is 494. The van der Waals surface area contributed by atoms with Crippen molar-refractivity contribution in [1.29, 1.82) is 0 Å². The molecule has 0 bridgehead atoms. The monoisotopic (exact) mass is 289 g/mol. The highest BCUT2D eigenvalue weighted by Crippen LogP contribution is 2.04. The lowest BCUT2D eigenvalue weighted by Gasteiger charge is -2.06. The molecule has 0 fully saturated rings. The lowest BCUT2D eigenvalue weighted by Crippen LogP contribution is -2.24. The normalized spacial score (nSPS) is 12.1. The molecule has 0 saturated carbocycles. The van der Waals surface area contributed by atoms with Crippen LogP contribution in [-0.2, 0) is 16.0 Å². The quantitative estimate of drug-likeness (QED) is 0.619. The molecule has 20 heavy (non-hydrogen) atoms. The molecule has 0 aromatic heterocycles. The molecule has 0 radical (unpaired) electrons. The van der Waals surface area contributed by atoms with Crippen LogP contribution in [0.25, 0.3) is 0 Å². The molecule has 0 saturated heterocycles. The third-order valence-electron chi connectivity index (χ3n) is 2.87. The standard InChI is InChI=1S/C16H19NO2S/c1-12(18)15(13(2)20)8-9-16(19)17-11-10-14-6-4-3-5-7-14/h3-9,15H,10-11H2,1-2H3,(H,17,19)/b9-8-. The summed E-state index contributed by atoms with van der Waals surface area (Å²) in [6.07, 6.45) is 3.72. The minimum absolute atomic E-state index is 0.0502. The van der Waals surface area contributed by atoms with Crippen molar-refractivity contribution in [2.75, 3.05) is 6.54 Å². The number of hydrogen-bond acceptors (Lipinski definition) is 3. The zero-order valence-electron chi connectivity index (χ0n) is 11.8. The van der Waals surface area contributed by atoms with E-state index in [4.69, 9.17) is 12.2 Å². The first-order valence-corrected chi connectivity index (χ1v) is 6.92. The van der Waals surface area contributed by atoms with Crippen LogP contribution in [0.3, 0.4) is 0 Å². The van der Waals surface area contributed by atoms with Gasteiger partial charge in [-0.25, -0.2) is 0 Å². The molecular weight excluding hydrogens is 270 g/mol. The minimum atomic E-state index is -0.454. The van der Waals surface area contributed by atoms with Crippen molar-refractivity contribution in [3.05, 3.63) is 48.0 Å². The van der Waals surface area contributed by atoms with Crippen molar-refractivity contribution >= 4 is 28.8 Å². The van der Waals surface area contributed by atoms with E-state index in [2.05, 4.69) is 5.32 Å². The fraction of sp³-hybridized carbons (Fsp3) is 0.312. The molecular formula is C16H19NO2S. The van der Waals surface area contributed by atoms with Crippen molar-refractivity contribution in [2.45, 2.75) is 20.3 Å². The SMILES string of the molecule is CC(=O)C(/C=C\C(=O)NCCc1ccccc1)C(C)=S. The first-order chi connectivity index (χ1) is 9.50. The van der Waals surface area contributed by atoms with Crippen molar-refractivity contribution < 1.29 is 9.59 Å². The zero-order valence-corrected chi connectivity index (χ0v) is 12.6. The number of rotatable bonds is 7. The van der Waals surface area contributed by atoms with Crippen LogP contribution in [0.5, 0.6) is 0 Å². The lowest BCUT2D eigenvalue weighted by molar-refractivity contribution is -0.117. The van der Waals surface area contributed by atoms with Gasteiger partial charge < -0.3 is 5.32 Å². The Labute approximate surface area is 125 Å². The van der Waals surface area contributed by atoms with Crippen molar-refractivity contribution in [3.63, 3.8) is 0 Å². The maximum Gasteiger partial charge on any atom is 0.243 e. The molecule has 0 spiro atoms. The second-order valence-electron chi connectivity index (χ2n) is 4.58. The zero-order chi connectivity index (χ0) is 15.0. The van der Waals surface area contributed by atoms with Gasteiger partial charge in [-0.15, -0.1) is 0 Å². The maximum absolute atomic E-state index is 11.6. The average molecular weight is 289 g/mol. The van der Waals surface area contributed by atoms with Gasteiger partial charge in [-0.1, -0.05) is 48.6 Å². The summed E-state index contributed by atoms with van der Waals surface area (Å²) in [5, 5.41) is 2.78. The molecule has 3 nitrogen and oxygen atoms in total. The molecule has 0 heterocycles. The summed E-state index contributed by atoms with van der Waals surface area (Å²) in [4.78, 5) is 23.5. The highest BCUT2D eigenvalue weighted by atomic mass is 32.1. The van der Waals surface area contributed by atoms with Gasteiger partial charge in [-0.05, 0) is 31.9 Å². The minimum Gasteiger partial charge on any atom is -0.352 e. The number of carbonyl (C=O) groups excluding carboxylic acids is 2. The van der Waals surface area contributed by atoms with E-state index < -0.39 is 5.92 Å². The first kappa shape index (κ1) is 16.2. The summed E-state index contributed by atoms with van der Waals surface area (Å²) in [6, 6.07) is 9.93. The predicted octanol–water partition coefficient (Wildman–Crippen LogP) is 2.50. The van der Waals surface area contributed by atoms with E-state index >= 15 is 0 Å². The van der Waals surface area contributed by atoms with Crippen LogP contribution in [0.2, 0.25) is 0 Å². The van der Waals surface area contributed by atoms with E-state index in [-0.39, 0.29) is 11.7 Å². The lowest BCUT2D eigenvalue weighted by atomic mass is 10.0. The number of Topliss-reactive ketones (excluding diaryl/α,β-unsaturated/α-hetero) is 1. The topological polar surface area (TPSA) is 46.2 Å². The van der Waals surface area contributed by atoms with E-state index in [1.807, 2.05) is 30.3 Å². The van der Waals surface area contributed by atoms with E-state index in [1.54, 1.807) is 13.0 Å². The van der Waals surface area contributed by atoms with Crippen LogP contribution in [0, 0.1) is 5.92 Å². The Balaban J connectivity index is 2.40. The third kappa shape index (κ3) is 5.89. The van der Waals surface area contributed by atoms with Gasteiger partial charge in [0.05, 0.1) is 5.92 Å². The van der Waals surface area contributed by atoms with Crippen LogP contribution < -0.4 is 5.32 Å². The van der Waals surface area contributed by atoms with Crippen LogP contribution >= 0.6 is 12.2 Å². The Kier molecular flexibility index (Phi) is 6.81. The van der Waals surface area contributed by atoms with Crippen molar-refractivity contribution in [1.82, 2.24) is 5.32 Å². The molecule has 1 unspecified atom stereocenters. The molecule has 0 aliphatic carbocycles. The summed E-state index contributed by atoms with van der Waals surface area (Å²) in [6.45, 7) is 3.74. The number of ketones is 1. The number of amides is 1. The van der Waals surface area contributed by atoms with E-state index in [1.165, 1.54) is 18.6 Å². The van der Waals surface area contributed by atoms with E-state index in [0.717, 1.165) is 6.42 Å². The molecule has 0 aliphatic rings. The number of allylic oxidation sites excluding steroid dienone is 1. The van der Waals surface area contributed by atoms with E-state index in [0.29, 0.717) is 11.4 Å². The summed E-state index contributed by atoms with van der Waals surface area (Å²) >= 11 is 4.99. The maximum atomic E-state index is 11.6. The van der Waals surface area contributed by atoms with Crippen LogP contribution in [0.4, 0.5) is 0 Å². The molecule has 106 valence electrons. The van der Waals surface area contributed by atoms with Gasteiger partial charge in [-0.3, -0.25) is 9.59 Å². The van der Waals surface area contributed by atoms with Crippen LogP contribution in [0.15, 0.2) is 42.5 Å². The van der Waals surface area contributed by atoms with Gasteiger partial charge in [0.25, 0.3) is 0 Å².